The Morgan fingerprint density at radius 2 is 0.950 bits per heavy atom. The van der Waals surface area contributed by atoms with Gasteiger partial charge in [-0.1, -0.05) is 91.0 Å². The molecule has 0 unspecified atom stereocenters. The van der Waals surface area contributed by atoms with Gasteiger partial charge in [-0.3, -0.25) is 0 Å². The summed E-state index contributed by atoms with van der Waals surface area (Å²) in [7, 11) is 0. The van der Waals surface area contributed by atoms with Crippen LogP contribution in [0, 0.1) is 11.3 Å². The zero-order chi connectivity index (χ0) is 26.6. The molecule has 6 aromatic carbocycles. The standard InChI is InChI=1S/C37H23N3/c38-24-25-20-21-28(37(22-25)40-35-18-7-3-14-31(35)32-15-4-8-19-36(32)40)26-10-9-11-27(23-26)39-33-16-5-1-12-29(33)30-13-2-6-17-34(30)39/h1-23H. The van der Waals surface area contributed by atoms with Crippen molar-refractivity contribution in [2.24, 2.45) is 0 Å². The molecule has 8 aromatic rings. The molecule has 0 atom stereocenters. The van der Waals surface area contributed by atoms with Gasteiger partial charge in [-0.2, -0.15) is 5.26 Å². The lowest BCUT2D eigenvalue weighted by molar-refractivity contribution is 1.17. The fourth-order valence-corrected chi connectivity index (χ4v) is 6.23. The van der Waals surface area contributed by atoms with Crippen molar-refractivity contribution < 1.29 is 0 Å². The van der Waals surface area contributed by atoms with Crippen LogP contribution in [0.4, 0.5) is 0 Å². The number of benzene rings is 6. The first kappa shape index (κ1) is 22.4. The molecular formula is C37H23N3. The van der Waals surface area contributed by atoms with E-state index < -0.39 is 0 Å². The van der Waals surface area contributed by atoms with Gasteiger partial charge in [0, 0.05) is 32.8 Å². The maximum atomic E-state index is 9.86. The van der Waals surface area contributed by atoms with Crippen molar-refractivity contribution in [2.45, 2.75) is 0 Å². The number of nitriles is 1. The predicted octanol–water partition coefficient (Wildman–Crippen LogP) is 9.42. The molecule has 3 nitrogen and oxygen atoms in total. The van der Waals surface area contributed by atoms with Gasteiger partial charge in [0.1, 0.15) is 0 Å². The minimum Gasteiger partial charge on any atom is -0.309 e. The minimum absolute atomic E-state index is 0.638. The van der Waals surface area contributed by atoms with Crippen molar-refractivity contribution in [2.75, 3.05) is 0 Å². The number of nitrogens with zero attached hydrogens (tertiary/aromatic N) is 3. The molecule has 0 aliphatic carbocycles. The Morgan fingerprint density at radius 1 is 0.450 bits per heavy atom. The molecule has 0 aliphatic rings. The molecule has 2 heterocycles. The van der Waals surface area contributed by atoms with Crippen LogP contribution < -0.4 is 0 Å². The van der Waals surface area contributed by atoms with E-state index in [9.17, 15) is 5.26 Å². The molecular weight excluding hydrogens is 486 g/mol. The average Bonchev–Trinajstić information content (AvgIpc) is 3.54. The Kier molecular flexibility index (Phi) is 4.89. The largest absolute Gasteiger partial charge is 0.309 e. The maximum absolute atomic E-state index is 9.86. The van der Waals surface area contributed by atoms with E-state index in [1.54, 1.807) is 0 Å². The minimum atomic E-state index is 0.638. The Bertz CT molecular complexity index is 2180. The molecule has 186 valence electrons. The number of rotatable bonds is 3. The van der Waals surface area contributed by atoms with Gasteiger partial charge in [0.2, 0.25) is 0 Å². The molecule has 2 aromatic heterocycles. The maximum Gasteiger partial charge on any atom is 0.0992 e. The number of aromatic nitrogens is 2. The normalized spacial score (nSPS) is 11.5. The molecule has 0 radical (unpaired) electrons. The molecule has 40 heavy (non-hydrogen) atoms. The van der Waals surface area contributed by atoms with Crippen LogP contribution in [-0.4, -0.2) is 9.13 Å². The Labute approximate surface area is 231 Å². The second-order valence-corrected chi connectivity index (χ2v) is 10.1. The molecule has 3 heteroatoms. The number of para-hydroxylation sites is 4. The van der Waals surface area contributed by atoms with Gasteiger partial charge in [0.25, 0.3) is 0 Å². The van der Waals surface area contributed by atoms with Crippen LogP contribution in [0.25, 0.3) is 66.1 Å². The van der Waals surface area contributed by atoms with Crippen LogP contribution in [0.2, 0.25) is 0 Å². The number of hydrogen-bond acceptors (Lipinski definition) is 1. The third kappa shape index (κ3) is 3.24. The van der Waals surface area contributed by atoms with E-state index in [4.69, 9.17) is 0 Å². The highest BCUT2D eigenvalue weighted by molar-refractivity contribution is 6.10. The summed E-state index contributed by atoms with van der Waals surface area (Å²) in [5.74, 6) is 0. The van der Waals surface area contributed by atoms with E-state index in [-0.39, 0.29) is 0 Å². The van der Waals surface area contributed by atoms with E-state index in [2.05, 4.69) is 143 Å². The average molecular weight is 510 g/mol. The van der Waals surface area contributed by atoms with Crippen molar-refractivity contribution in [3.05, 3.63) is 145 Å². The number of fused-ring (bicyclic) bond motifs is 6. The SMILES string of the molecule is N#Cc1ccc(-c2cccc(-n3c4ccccc4c4ccccc43)c2)c(-n2c3ccccc3c3ccccc32)c1. The van der Waals surface area contributed by atoms with Gasteiger partial charge in [0.05, 0.1) is 39.4 Å². The van der Waals surface area contributed by atoms with Crippen LogP contribution in [0.5, 0.6) is 0 Å². The Hall–Kier alpha value is -5.59. The van der Waals surface area contributed by atoms with Crippen molar-refractivity contribution >= 4 is 43.6 Å². The van der Waals surface area contributed by atoms with Gasteiger partial charge >= 0.3 is 0 Å². The van der Waals surface area contributed by atoms with Crippen molar-refractivity contribution in [3.63, 3.8) is 0 Å². The highest BCUT2D eigenvalue weighted by Gasteiger charge is 2.17. The summed E-state index contributed by atoms with van der Waals surface area (Å²) >= 11 is 0. The summed E-state index contributed by atoms with van der Waals surface area (Å²) in [6, 6.07) is 51.3. The van der Waals surface area contributed by atoms with Gasteiger partial charge in [-0.05, 0) is 54.1 Å². The summed E-state index contributed by atoms with van der Waals surface area (Å²) in [4.78, 5) is 0. The van der Waals surface area contributed by atoms with Crippen LogP contribution in [-0.2, 0) is 0 Å². The van der Waals surface area contributed by atoms with Crippen LogP contribution >= 0.6 is 0 Å². The van der Waals surface area contributed by atoms with Gasteiger partial charge in [-0.25, -0.2) is 0 Å². The third-order valence-electron chi connectivity index (χ3n) is 7.94. The lowest BCUT2D eigenvalue weighted by Crippen LogP contribution is -1.99. The van der Waals surface area contributed by atoms with Crippen molar-refractivity contribution in [3.8, 4) is 28.6 Å². The molecule has 0 spiro atoms. The lowest BCUT2D eigenvalue weighted by Gasteiger charge is -2.16. The van der Waals surface area contributed by atoms with Gasteiger partial charge < -0.3 is 9.13 Å². The van der Waals surface area contributed by atoms with Crippen LogP contribution in [0.3, 0.4) is 0 Å². The summed E-state index contributed by atoms with van der Waals surface area (Å²) in [6.45, 7) is 0. The van der Waals surface area contributed by atoms with Gasteiger partial charge in [0.15, 0.2) is 0 Å². The lowest BCUT2D eigenvalue weighted by atomic mass is 10.0. The third-order valence-corrected chi connectivity index (χ3v) is 7.94. The summed E-state index contributed by atoms with van der Waals surface area (Å²) < 4.78 is 4.64. The highest BCUT2D eigenvalue weighted by atomic mass is 15.0. The van der Waals surface area contributed by atoms with Crippen molar-refractivity contribution in [1.82, 2.24) is 9.13 Å². The van der Waals surface area contributed by atoms with E-state index in [1.165, 1.54) is 32.6 Å². The Morgan fingerprint density at radius 3 is 1.48 bits per heavy atom. The van der Waals surface area contributed by atoms with Gasteiger partial charge in [-0.15, -0.1) is 0 Å². The Balaban J connectivity index is 1.41. The van der Waals surface area contributed by atoms with E-state index in [0.717, 1.165) is 33.5 Å². The first-order valence-electron chi connectivity index (χ1n) is 13.4. The topological polar surface area (TPSA) is 33.6 Å². The van der Waals surface area contributed by atoms with Crippen LogP contribution in [0.15, 0.2) is 140 Å². The molecule has 0 aliphatic heterocycles. The molecule has 0 saturated carbocycles. The second-order valence-electron chi connectivity index (χ2n) is 10.1. The molecule has 0 bridgehead atoms. The zero-order valence-electron chi connectivity index (χ0n) is 21.6. The highest BCUT2D eigenvalue weighted by Crippen LogP contribution is 2.38. The fraction of sp³-hybridized carbons (Fsp3) is 0. The van der Waals surface area contributed by atoms with E-state index in [1.807, 2.05) is 12.1 Å². The summed E-state index contributed by atoms with van der Waals surface area (Å²) in [5, 5.41) is 14.7. The molecule has 0 fully saturated rings. The summed E-state index contributed by atoms with van der Waals surface area (Å²) in [5.41, 5.74) is 9.53. The fourth-order valence-electron chi connectivity index (χ4n) is 6.23. The zero-order valence-corrected chi connectivity index (χ0v) is 21.6. The number of hydrogen-bond donors (Lipinski definition) is 0. The second kappa shape index (κ2) is 8.73. The van der Waals surface area contributed by atoms with E-state index in [0.29, 0.717) is 5.56 Å². The summed E-state index contributed by atoms with van der Waals surface area (Å²) in [6.07, 6.45) is 0. The molecule has 0 saturated heterocycles. The van der Waals surface area contributed by atoms with Crippen LogP contribution in [0.1, 0.15) is 5.56 Å². The first-order valence-corrected chi connectivity index (χ1v) is 13.4. The monoisotopic (exact) mass is 509 g/mol. The predicted molar refractivity (Wildman–Crippen MR) is 165 cm³/mol. The van der Waals surface area contributed by atoms with Crippen molar-refractivity contribution in [1.29, 1.82) is 5.26 Å². The molecule has 0 N–H and O–H groups in total. The quantitative estimate of drug-likeness (QED) is 0.233. The molecule has 8 rings (SSSR count). The molecule has 0 amide bonds. The smallest absolute Gasteiger partial charge is 0.0992 e. The first-order chi connectivity index (χ1) is 19.8. The van der Waals surface area contributed by atoms with E-state index >= 15 is 0 Å².